The standard InChI is InChI=1S/C24H20N2S3/c25-17-3-1-5-23(15-17)28-21-11-7-19(8-12-21)27-20-9-13-22(14-10-20)29-24-6-2-4-18(26)16-24/h1-16H,25-26H2. The van der Waals surface area contributed by atoms with E-state index in [1.807, 2.05) is 36.4 Å². The van der Waals surface area contributed by atoms with Crippen molar-refractivity contribution in [1.82, 2.24) is 0 Å². The Balaban J connectivity index is 1.37. The Kier molecular flexibility index (Phi) is 6.39. The van der Waals surface area contributed by atoms with Crippen LogP contribution in [-0.2, 0) is 0 Å². The Morgan fingerprint density at radius 2 is 0.690 bits per heavy atom. The smallest absolute Gasteiger partial charge is 0.0325 e. The average molecular weight is 433 g/mol. The van der Waals surface area contributed by atoms with Gasteiger partial charge in [0, 0.05) is 40.7 Å². The van der Waals surface area contributed by atoms with Crippen LogP contribution in [-0.4, -0.2) is 0 Å². The largest absolute Gasteiger partial charge is 0.399 e. The first-order chi connectivity index (χ1) is 14.1. The van der Waals surface area contributed by atoms with Gasteiger partial charge in [0.15, 0.2) is 0 Å². The fourth-order valence-corrected chi connectivity index (χ4v) is 5.30. The second kappa shape index (κ2) is 9.35. The molecule has 0 bridgehead atoms. The van der Waals surface area contributed by atoms with Crippen LogP contribution in [0.15, 0.2) is 126 Å². The van der Waals surface area contributed by atoms with Gasteiger partial charge >= 0.3 is 0 Å². The summed E-state index contributed by atoms with van der Waals surface area (Å²) < 4.78 is 0. The highest BCUT2D eigenvalue weighted by atomic mass is 32.2. The summed E-state index contributed by atoms with van der Waals surface area (Å²) in [6.07, 6.45) is 0. The van der Waals surface area contributed by atoms with Crippen LogP contribution in [0.2, 0.25) is 0 Å². The summed E-state index contributed by atoms with van der Waals surface area (Å²) in [5.41, 5.74) is 13.3. The Bertz CT molecular complexity index is 1000. The molecule has 0 amide bonds. The normalized spacial score (nSPS) is 10.8. The number of hydrogen-bond donors (Lipinski definition) is 2. The second-order valence-corrected chi connectivity index (χ2v) is 9.83. The minimum Gasteiger partial charge on any atom is -0.399 e. The van der Waals surface area contributed by atoms with E-state index in [-0.39, 0.29) is 0 Å². The quantitative estimate of drug-likeness (QED) is 0.313. The molecule has 4 rings (SSSR count). The van der Waals surface area contributed by atoms with Gasteiger partial charge in [-0.3, -0.25) is 0 Å². The molecule has 5 heteroatoms. The molecule has 144 valence electrons. The zero-order chi connectivity index (χ0) is 20.1. The molecular formula is C24H20N2S3. The van der Waals surface area contributed by atoms with Crippen LogP contribution < -0.4 is 11.5 Å². The molecule has 29 heavy (non-hydrogen) atoms. The summed E-state index contributed by atoms with van der Waals surface area (Å²) in [7, 11) is 0. The van der Waals surface area contributed by atoms with Crippen molar-refractivity contribution >= 4 is 46.7 Å². The molecule has 0 saturated carbocycles. The van der Waals surface area contributed by atoms with Gasteiger partial charge in [-0.05, 0) is 84.9 Å². The Hall–Kier alpha value is -2.47. The first-order valence-corrected chi connectivity index (χ1v) is 11.5. The fraction of sp³-hybridized carbons (Fsp3) is 0. The van der Waals surface area contributed by atoms with E-state index in [1.54, 1.807) is 35.3 Å². The zero-order valence-electron chi connectivity index (χ0n) is 15.6. The van der Waals surface area contributed by atoms with E-state index in [4.69, 9.17) is 11.5 Å². The van der Waals surface area contributed by atoms with Crippen molar-refractivity contribution < 1.29 is 0 Å². The van der Waals surface area contributed by atoms with Crippen molar-refractivity contribution in [2.24, 2.45) is 0 Å². The van der Waals surface area contributed by atoms with Crippen LogP contribution >= 0.6 is 35.3 Å². The summed E-state index contributed by atoms with van der Waals surface area (Å²) in [6, 6.07) is 33.2. The van der Waals surface area contributed by atoms with Crippen molar-refractivity contribution in [3.63, 3.8) is 0 Å². The van der Waals surface area contributed by atoms with Gasteiger partial charge in [0.05, 0.1) is 0 Å². The highest BCUT2D eigenvalue weighted by Crippen LogP contribution is 2.34. The molecule has 0 atom stereocenters. The lowest BCUT2D eigenvalue weighted by Gasteiger charge is -2.06. The van der Waals surface area contributed by atoms with E-state index < -0.39 is 0 Å². The van der Waals surface area contributed by atoms with Crippen molar-refractivity contribution in [2.75, 3.05) is 11.5 Å². The van der Waals surface area contributed by atoms with E-state index in [2.05, 4.69) is 60.7 Å². The number of nitrogens with two attached hydrogens (primary N) is 2. The first kappa shape index (κ1) is 19.8. The maximum Gasteiger partial charge on any atom is 0.0325 e. The molecule has 4 aromatic rings. The van der Waals surface area contributed by atoms with Gasteiger partial charge in [-0.25, -0.2) is 0 Å². The summed E-state index contributed by atoms with van der Waals surface area (Å²) in [5, 5.41) is 0. The van der Waals surface area contributed by atoms with Crippen molar-refractivity contribution in [3.05, 3.63) is 97.1 Å². The third kappa shape index (κ3) is 5.76. The summed E-state index contributed by atoms with van der Waals surface area (Å²) in [5.74, 6) is 0. The molecule has 4 N–H and O–H groups in total. The third-order valence-electron chi connectivity index (χ3n) is 4.07. The summed E-state index contributed by atoms with van der Waals surface area (Å²) in [6.45, 7) is 0. The molecule has 0 unspecified atom stereocenters. The van der Waals surface area contributed by atoms with Crippen molar-refractivity contribution in [2.45, 2.75) is 29.4 Å². The highest BCUT2D eigenvalue weighted by Gasteiger charge is 2.03. The van der Waals surface area contributed by atoms with Gasteiger partial charge < -0.3 is 11.5 Å². The molecular weight excluding hydrogens is 412 g/mol. The lowest BCUT2D eigenvalue weighted by Crippen LogP contribution is -1.83. The Morgan fingerprint density at radius 3 is 1.00 bits per heavy atom. The molecule has 0 aromatic heterocycles. The molecule has 0 saturated heterocycles. The molecule has 0 spiro atoms. The number of anilines is 2. The van der Waals surface area contributed by atoms with Gasteiger partial charge in [0.25, 0.3) is 0 Å². The maximum atomic E-state index is 5.86. The molecule has 4 aromatic carbocycles. The van der Waals surface area contributed by atoms with Crippen LogP contribution in [0, 0.1) is 0 Å². The molecule has 0 heterocycles. The molecule has 0 radical (unpaired) electrons. The van der Waals surface area contributed by atoms with Crippen LogP contribution in [0.5, 0.6) is 0 Å². The molecule has 0 aliphatic rings. The van der Waals surface area contributed by atoms with E-state index in [0.717, 1.165) is 21.2 Å². The lowest BCUT2D eigenvalue weighted by atomic mass is 10.3. The topological polar surface area (TPSA) is 52.0 Å². The molecule has 0 aliphatic heterocycles. The van der Waals surface area contributed by atoms with E-state index >= 15 is 0 Å². The van der Waals surface area contributed by atoms with E-state index in [1.165, 1.54) is 19.6 Å². The number of hydrogen-bond acceptors (Lipinski definition) is 5. The second-order valence-electron chi connectivity index (χ2n) is 6.39. The molecule has 0 aliphatic carbocycles. The minimum absolute atomic E-state index is 0.791. The van der Waals surface area contributed by atoms with Crippen molar-refractivity contribution in [1.29, 1.82) is 0 Å². The van der Waals surface area contributed by atoms with Crippen molar-refractivity contribution in [3.8, 4) is 0 Å². The summed E-state index contributed by atoms with van der Waals surface area (Å²) in [4.78, 5) is 7.15. The van der Waals surface area contributed by atoms with Gasteiger partial charge in [-0.1, -0.05) is 47.4 Å². The van der Waals surface area contributed by atoms with E-state index in [9.17, 15) is 0 Å². The van der Waals surface area contributed by atoms with Crippen LogP contribution in [0.3, 0.4) is 0 Å². The third-order valence-corrected chi connectivity index (χ3v) is 7.08. The molecule has 0 fully saturated rings. The predicted molar refractivity (Wildman–Crippen MR) is 127 cm³/mol. The Labute approximate surface area is 184 Å². The number of rotatable bonds is 6. The van der Waals surface area contributed by atoms with Gasteiger partial charge in [-0.15, -0.1) is 0 Å². The number of nitrogen functional groups attached to an aromatic ring is 2. The maximum absolute atomic E-state index is 5.86. The summed E-state index contributed by atoms with van der Waals surface area (Å²) >= 11 is 5.20. The monoisotopic (exact) mass is 432 g/mol. The lowest BCUT2D eigenvalue weighted by molar-refractivity contribution is 1.31. The highest BCUT2D eigenvalue weighted by molar-refractivity contribution is 8.00. The van der Waals surface area contributed by atoms with Crippen LogP contribution in [0.4, 0.5) is 11.4 Å². The number of benzene rings is 4. The fourth-order valence-electron chi connectivity index (χ4n) is 2.72. The SMILES string of the molecule is Nc1cccc(Sc2ccc(Sc3ccc(Sc4cccc(N)c4)cc3)cc2)c1. The van der Waals surface area contributed by atoms with Gasteiger partial charge in [-0.2, -0.15) is 0 Å². The van der Waals surface area contributed by atoms with Crippen LogP contribution in [0.1, 0.15) is 0 Å². The minimum atomic E-state index is 0.791. The van der Waals surface area contributed by atoms with Gasteiger partial charge in [0.1, 0.15) is 0 Å². The van der Waals surface area contributed by atoms with Crippen LogP contribution in [0.25, 0.3) is 0 Å². The molecule has 2 nitrogen and oxygen atoms in total. The predicted octanol–water partition coefficient (Wildman–Crippen LogP) is 7.30. The average Bonchev–Trinajstić information content (AvgIpc) is 2.71. The zero-order valence-corrected chi connectivity index (χ0v) is 18.1. The van der Waals surface area contributed by atoms with E-state index in [0.29, 0.717) is 0 Å². The Morgan fingerprint density at radius 1 is 0.379 bits per heavy atom. The first-order valence-electron chi connectivity index (χ1n) is 9.09. The van der Waals surface area contributed by atoms with Gasteiger partial charge in [0.2, 0.25) is 0 Å².